The van der Waals surface area contributed by atoms with E-state index in [0.717, 1.165) is 27.4 Å². The van der Waals surface area contributed by atoms with Crippen molar-refractivity contribution in [2.24, 2.45) is 0 Å². The van der Waals surface area contributed by atoms with Crippen LogP contribution in [0.1, 0.15) is 11.4 Å². The van der Waals surface area contributed by atoms with E-state index in [1.165, 1.54) is 11.5 Å². The normalized spacial score (nSPS) is 10.9. The van der Waals surface area contributed by atoms with Crippen LogP contribution < -0.4 is 5.32 Å². The van der Waals surface area contributed by atoms with E-state index in [1.54, 1.807) is 18.9 Å². The molecule has 3 rings (SSSR count). The molecule has 0 aliphatic carbocycles. The first kappa shape index (κ1) is 10.2. The van der Waals surface area contributed by atoms with Crippen LogP contribution in [0.3, 0.4) is 0 Å². The lowest BCUT2D eigenvalue weighted by Crippen LogP contribution is -2.02. The predicted octanol–water partition coefficient (Wildman–Crippen LogP) is 1.73. The van der Waals surface area contributed by atoms with Crippen LogP contribution in [0.4, 0.5) is 5.82 Å². The van der Waals surface area contributed by atoms with Crippen LogP contribution in [0.25, 0.3) is 10.2 Å². The van der Waals surface area contributed by atoms with Crippen molar-refractivity contribution in [1.29, 1.82) is 0 Å². The molecule has 0 saturated heterocycles. The SMILES string of the molecule is Cc1nsc2ncnc(NCc3cnc[nH]3)c12. The van der Waals surface area contributed by atoms with Crippen LogP contribution in [0.15, 0.2) is 18.9 Å². The van der Waals surface area contributed by atoms with Gasteiger partial charge in [-0.05, 0) is 18.5 Å². The number of aryl methyl sites for hydroxylation is 1. The molecule has 86 valence electrons. The van der Waals surface area contributed by atoms with Gasteiger partial charge >= 0.3 is 0 Å². The molecule has 6 nitrogen and oxygen atoms in total. The Bertz CT molecular complexity index is 629. The molecule has 0 aliphatic heterocycles. The third-order valence-corrected chi connectivity index (χ3v) is 3.29. The molecule has 17 heavy (non-hydrogen) atoms. The average Bonchev–Trinajstić information content (AvgIpc) is 2.97. The quantitative estimate of drug-likeness (QED) is 0.735. The van der Waals surface area contributed by atoms with Gasteiger partial charge in [-0.1, -0.05) is 0 Å². The summed E-state index contributed by atoms with van der Waals surface area (Å²) >= 11 is 1.39. The number of hydrogen-bond acceptors (Lipinski definition) is 6. The van der Waals surface area contributed by atoms with Gasteiger partial charge in [0.05, 0.1) is 29.6 Å². The lowest BCUT2D eigenvalue weighted by Gasteiger charge is -2.04. The fourth-order valence-corrected chi connectivity index (χ4v) is 2.36. The molecule has 0 aromatic carbocycles. The van der Waals surface area contributed by atoms with Gasteiger partial charge in [0, 0.05) is 6.20 Å². The van der Waals surface area contributed by atoms with E-state index in [0.29, 0.717) is 6.54 Å². The Morgan fingerprint density at radius 1 is 1.41 bits per heavy atom. The second-order valence-electron chi connectivity index (χ2n) is 3.60. The summed E-state index contributed by atoms with van der Waals surface area (Å²) in [5.41, 5.74) is 1.97. The summed E-state index contributed by atoms with van der Waals surface area (Å²) in [7, 11) is 0. The maximum Gasteiger partial charge on any atom is 0.149 e. The Hall–Kier alpha value is -2.02. The monoisotopic (exact) mass is 246 g/mol. The maximum absolute atomic E-state index is 4.28. The highest BCUT2D eigenvalue weighted by atomic mass is 32.1. The Kier molecular flexibility index (Phi) is 2.45. The van der Waals surface area contributed by atoms with Crippen LogP contribution in [0.5, 0.6) is 0 Å². The summed E-state index contributed by atoms with van der Waals surface area (Å²) in [5.74, 6) is 0.816. The first-order chi connectivity index (χ1) is 8.34. The van der Waals surface area contributed by atoms with Gasteiger partial charge in [0.25, 0.3) is 0 Å². The van der Waals surface area contributed by atoms with Gasteiger partial charge in [-0.2, -0.15) is 4.37 Å². The van der Waals surface area contributed by atoms with E-state index < -0.39 is 0 Å². The molecule has 0 saturated carbocycles. The summed E-state index contributed by atoms with van der Waals surface area (Å²) < 4.78 is 4.28. The maximum atomic E-state index is 4.28. The van der Waals surface area contributed by atoms with Crippen molar-refractivity contribution in [2.45, 2.75) is 13.5 Å². The van der Waals surface area contributed by atoms with E-state index in [4.69, 9.17) is 0 Å². The summed E-state index contributed by atoms with van der Waals surface area (Å²) in [4.78, 5) is 16.3. The molecule has 0 fully saturated rings. The molecule has 0 amide bonds. The zero-order valence-corrected chi connectivity index (χ0v) is 9.95. The number of nitrogens with zero attached hydrogens (tertiary/aromatic N) is 4. The summed E-state index contributed by atoms with van der Waals surface area (Å²) in [5, 5.41) is 4.26. The predicted molar refractivity (Wildman–Crippen MR) is 65.9 cm³/mol. The van der Waals surface area contributed by atoms with Crippen molar-refractivity contribution >= 4 is 27.6 Å². The van der Waals surface area contributed by atoms with Gasteiger partial charge in [-0.25, -0.2) is 15.0 Å². The number of aromatic amines is 1. The first-order valence-electron chi connectivity index (χ1n) is 5.12. The number of H-pyrrole nitrogens is 1. The minimum absolute atomic E-state index is 0.654. The highest BCUT2D eigenvalue weighted by Gasteiger charge is 2.09. The van der Waals surface area contributed by atoms with Crippen molar-refractivity contribution < 1.29 is 0 Å². The lowest BCUT2D eigenvalue weighted by molar-refractivity contribution is 1.05. The van der Waals surface area contributed by atoms with Gasteiger partial charge in [0.2, 0.25) is 0 Å². The number of hydrogen-bond donors (Lipinski definition) is 2. The molecule has 0 bridgehead atoms. The largest absolute Gasteiger partial charge is 0.364 e. The zero-order chi connectivity index (χ0) is 11.7. The van der Waals surface area contributed by atoms with Crippen molar-refractivity contribution in [3.05, 3.63) is 30.2 Å². The van der Waals surface area contributed by atoms with Crippen molar-refractivity contribution in [3.63, 3.8) is 0 Å². The fourth-order valence-electron chi connectivity index (χ4n) is 1.62. The molecular formula is C10H10N6S. The highest BCUT2D eigenvalue weighted by Crippen LogP contribution is 2.25. The van der Waals surface area contributed by atoms with Crippen molar-refractivity contribution in [2.75, 3.05) is 5.32 Å². The minimum Gasteiger partial charge on any atom is -0.364 e. The third kappa shape index (κ3) is 1.84. The van der Waals surface area contributed by atoms with Crippen molar-refractivity contribution in [3.8, 4) is 0 Å². The van der Waals surface area contributed by atoms with Crippen LogP contribution in [-0.4, -0.2) is 24.3 Å². The number of rotatable bonds is 3. The Morgan fingerprint density at radius 3 is 3.18 bits per heavy atom. The van der Waals surface area contributed by atoms with Gasteiger partial charge in [0.1, 0.15) is 17.0 Å². The molecule has 0 atom stereocenters. The summed E-state index contributed by atoms with van der Waals surface area (Å²) in [6.45, 7) is 2.62. The lowest BCUT2D eigenvalue weighted by atomic mass is 10.3. The van der Waals surface area contributed by atoms with E-state index in [9.17, 15) is 0 Å². The molecule has 0 radical (unpaired) electrons. The molecule has 3 aromatic rings. The number of imidazole rings is 1. The Balaban J connectivity index is 1.92. The van der Waals surface area contributed by atoms with Gasteiger partial charge in [-0.15, -0.1) is 0 Å². The molecule has 7 heteroatoms. The van der Waals surface area contributed by atoms with Crippen LogP contribution in [0, 0.1) is 6.92 Å². The molecule has 0 spiro atoms. The Labute approximate surface area is 101 Å². The van der Waals surface area contributed by atoms with Gasteiger partial charge in [-0.3, -0.25) is 0 Å². The summed E-state index contributed by atoms with van der Waals surface area (Å²) in [6, 6.07) is 0. The molecular weight excluding hydrogens is 236 g/mol. The molecule has 3 aromatic heterocycles. The van der Waals surface area contributed by atoms with Crippen LogP contribution in [0.2, 0.25) is 0 Å². The fraction of sp³-hybridized carbons (Fsp3) is 0.200. The molecule has 2 N–H and O–H groups in total. The van der Waals surface area contributed by atoms with E-state index >= 15 is 0 Å². The zero-order valence-electron chi connectivity index (χ0n) is 9.14. The molecule has 0 aliphatic rings. The third-order valence-electron chi connectivity index (χ3n) is 2.44. The topological polar surface area (TPSA) is 79.4 Å². The Morgan fingerprint density at radius 2 is 2.35 bits per heavy atom. The number of anilines is 1. The minimum atomic E-state index is 0.654. The second kappa shape index (κ2) is 4.10. The van der Waals surface area contributed by atoms with Crippen LogP contribution >= 0.6 is 11.5 Å². The number of aromatic nitrogens is 5. The smallest absolute Gasteiger partial charge is 0.149 e. The number of nitrogens with one attached hydrogen (secondary N) is 2. The van der Waals surface area contributed by atoms with Gasteiger partial charge < -0.3 is 10.3 Å². The van der Waals surface area contributed by atoms with E-state index in [1.807, 2.05) is 6.92 Å². The molecule has 3 heterocycles. The molecule has 0 unspecified atom stereocenters. The average molecular weight is 246 g/mol. The summed E-state index contributed by atoms with van der Waals surface area (Å²) in [6.07, 6.45) is 4.99. The standard InChI is InChI=1S/C10H10N6S/c1-6-8-9(12-3-7-2-11-4-13-7)14-5-15-10(8)17-16-6/h2,4-5H,3H2,1H3,(H,11,13)(H,12,14,15). The van der Waals surface area contributed by atoms with Gasteiger partial charge in [0.15, 0.2) is 0 Å². The van der Waals surface area contributed by atoms with Crippen LogP contribution in [-0.2, 0) is 6.54 Å². The van der Waals surface area contributed by atoms with Crippen molar-refractivity contribution in [1.82, 2.24) is 24.3 Å². The number of fused-ring (bicyclic) bond motifs is 1. The van der Waals surface area contributed by atoms with E-state index in [2.05, 4.69) is 29.6 Å². The second-order valence-corrected chi connectivity index (χ2v) is 4.35. The first-order valence-corrected chi connectivity index (χ1v) is 5.90. The highest BCUT2D eigenvalue weighted by molar-refractivity contribution is 7.13. The van der Waals surface area contributed by atoms with E-state index in [-0.39, 0.29) is 0 Å².